The minimum absolute atomic E-state index is 0.100. The predicted octanol–water partition coefficient (Wildman–Crippen LogP) is 3.16. The minimum Gasteiger partial charge on any atom is -0.496 e. The summed E-state index contributed by atoms with van der Waals surface area (Å²) in [7, 11) is 1.55. The first-order valence-electron chi connectivity index (χ1n) is 7.76. The minimum atomic E-state index is -0.144. The first kappa shape index (κ1) is 16.1. The highest BCUT2D eigenvalue weighted by molar-refractivity contribution is 5.96. The Hall–Kier alpha value is -2.79. The molecule has 0 spiro atoms. The molecule has 0 atom stereocenters. The molecule has 0 fully saturated rings. The van der Waals surface area contributed by atoms with Gasteiger partial charge in [-0.05, 0) is 36.8 Å². The Balaban J connectivity index is 1.79. The Labute approximate surface area is 140 Å². The number of nitrogens with one attached hydrogen (secondary N) is 2. The number of aromatic nitrogens is 1. The summed E-state index contributed by atoms with van der Waals surface area (Å²) in [6.07, 6.45) is 0.288. The highest BCUT2D eigenvalue weighted by Gasteiger charge is 2.13. The average Bonchev–Trinajstić information content (AvgIpc) is 2.90. The number of fused-ring (bicyclic) bond motifs is 1. The van der Waals surface area contributed by atoms with Crippen LogP contribution < -0.4 is 10.1 Å². The van der Waals surface area contributed by atoms with Crippen molar-refractivity contribution in [2.75, 3.05) is 12.4 Å². The van der Waals surface area contributed by atoms with Gasteiger partial charge in [-0.2, -0.15) is 0 Å². The molecule has 5 nitrogen and oxygen atoms in total. The van der Waals surface area contributed by atoms with E-state index < -0.39 is 0 Å². The highest BCUT2D eigenvalue weighted by atomic mass is 16.5. The molecule has 5 heteroatoms. The second-order valence-electron chi connectivity index (χ2n) is 5.68. The van der Waals surface area contributed by atoms with Gasteiger partial charge in [0.25, 0.3) is 0 Å². The van der Waals surface area contributed by atoms with Gasteiger partial charge in [-0.3, -0.25) is 4.79 Å². The second-order valence-corrected chi connectivity index (χ2v) is 5.68. The number of aromatic amines is 1. The number of hydrogen-bond acceptors (Lipinski definition) is 3. The average molecular weight is 324 g/mol. The summed E-state index contributed by atoms with van der Waals surface area (Å²) in [5, 5.41) is 13.3. The maximum absolute atomic E-state index is 12.4. The summed E-state index contributed by atoms with van der Waals surface area (Å²) in [5.74, 6) is 0.500. The Morgan fingerprint density at radius 1 is 1.25 bits per heavy atom. The molecule has 0 aliphatic heterocycles. The molecular formula is C19H20N2O3. The van der Waals surface area contributed by atoms with Crippen LogP contribution >= 0.6 is 0 Å². The van der Waals surface area contributed by atoms with E-state index in [1.165, 1.54) is 0 Å². The lowest BCUT2D eigenvalue weighted by Gasteiger charge is -2.10. The monoisotopic (exact) mass is 324 g/mol. The van der Waals surface area contributed by atoms with Crippen LogP contribution in [0, 0.1) is 6.92 Å². The number of ether oxygens (including phenoxy) is 1. The fraction of sp³-hybridized carbons (Fsp3) is 0.211. The number of hydrogen-bond donors (Lipinski definition) is 3. The van der Waals surface area contributed by atoms with Gasteiger partial charge in [0, 0.05) is 27.8 Å². The van der Waals surface area contributed by atoms with Crippen molar-refractivity contribution in [1.29, 1.82) is 0 Å². The van der Waals surface area contributed by atoms with Gasteiger partial charge in [-0.15, -0.1) is 0 Å². The summed E-state index contributed by atoms with van der Waals surface area (Å²) < 4.78 is 5.17. The van der Waals surface area contributed by atoms with Gasteiger partial charge >= 0.3 is 0 Å². The van der Waals surface area contributed by atoms with Gasteiger partial charge in [-0.1, -0.05) is 18.2 Å². The van der Waals surface area contributed by atoms with Crippen molar-refractivity contribution in [2.45, 2.75) is 20.0 Å². The predicted molar refractivity (Wildman–Crippen MR) is 94.3 cm³/mol. The Bertz CT molecular complexity index is 883. The van der Waals surface area contributed by atoms with Crippen LogP contribution in [0.25, 0.3) is 10.9 Å². The van der Waals surface area contributed by atoms with Crippen LogP contribution in [0.1, 0.15) is 16.8 Å². The molecule has 1 aromatic heterocycles. The van der Waals surface area contributed by atoms with E-state index in [0.29, 0.717) is 17.0 Å². The Morgan fingerprint density at radius 3 is 2.79 bits per heavy atom. The molecule has 1 amide bonds. The third-order valence-corrected chi connectivity index (χ3v) is 4.10. The van der Waals surface area contributed by atoms with Gasteiger partial charge in [0.15, 0.2) is 0 Å². The number of para-hydroxylation sites is 1. The number of amides is 1. The van der Waals surface area contributed by atoms with Crippen molar-refractivity contribution >= 4 is 22.5 Å². The number of aliphatic hydroxyl groups excluding tert-OH is 1. The van der Waals surface area contributed by atoms with E-state index in [1.807, 2.05) is 31.2 Å². The topological polar surface area (TPSA) is 74.3 Å². The maximum Gasteiger partial charge on any atom is 0.228 e. The van der Waals surface area contributed by atoms with E-state index in [-0.39, 0.29) is 18.9 Å². The highest BCUT2D eigenvalue weighted by Crippen LogP contribution is 2.24. The molecule has 0 unspecified atom stereocenters. The number of aryl methyl sites for hydroxylation is 1. The van der Waals surface area contributed by atoms with Crippen LogP contribution in [-0.2, 0) is 17.8 Å². The van der Waals surface area contributed by atoms with Crippen LogP contribution in [0.2, 0.25) is 0 Å². The van der Waals surface area contributed by atoms with Gasteiger partial charge in [0.05, 0.1) is 20.1 Å². The fourth-order valence-electron chi connectivity index (χ4n) is 2.91. The molecule has 124 valence electrons. The molecule has 24 heavy (non-hydrogen) atoms. The zero-order valence-corrected chi connectivity index (χ0v) is 13.7. The molecule has 1 heterocycles. The molecule has 0 aliphatic carbocycles. The Kier molecular flexibility index (Phi) is 4.53. The summed E-state index contributed by atoms with van der Waals surface area (Å²) in [5.41, 5.74) is 4.31. The molecule has 0 radical (unpaired) electrons. The molecule has 0 saturated carbocycles. The molecule has 3 aromatic rings. The quantitative estimate of drug-likeness (QED) is 0.675. The van der Waals surface area contributed by atoms with E-state index in [1.54, 1.807) is 25.3 Å². The second kappa shape index (κ2) is 6.76. The molecule has 0 aliphatic rings. The van der Waals surface area contributed by atoms with E-state index in [2.05, 4.69) is 10.3 Å². The first-order valence-corrected chi connectivity index (χ1v) is 7.76. The van der Waals surface area contributed by atoms with Crippen LogP contribution in [0.4, 0.5) is 5.69 Å². The molecule has 2 aromatic carbocycles. The lowest BCUT2D eigenvalue weighted by atomic mass is 10.1. The summed E-state index contributed by atoms with van der Waals surface area (Å²) in [4.78, 5) is 15.7. The zero-order valence-electron chi connectivity index (χ0n) is 13.7. The summed E-state index contributed by atoms with van der Waals surface area (Å²) >= 11 is 0. The van der Waals surface area contributed by atoms with Crippen LogP contribution in [0.15, 0.2) is 42.5 Å². The number of anilines is 1. The van der Waals surface area contributed by atoms with Crippen molar-refractivity contribution in [3.63, 3.8) is 0 Å². The molecule has 3 N–H and O–H groups in total. The van der Waals surface area contributed by atoms with Crippen LogP contribution in [0.3, 0.4) is 0 Å². The SMILES string of the molecule is COc1ccc(NC(=O)Cc2c(C)[nH]c3ccccc23)cc1CO. The normalized spacial score (nSPS) is 10.8. The lowest BCUT2D eigenvalue weighted by Crippen LogP contribution is -2.15. The smallest absolute Gasteiger partial charge is 0.228 e. The molecule has 0 saturated heterocycles. The zero-order chi connectivity index (χ0) is 17.1. The number of rotatable bonds is 5. The van der Waals surface area contributed by atoms with Gasteiger partial charge in [0.2, 0.25) is 5.91 Å². The maximum atomic E-state index is 12.4. The number of methoxy groups -OCH3 is 1. The lowest BCUT2D eigenvalue weighted by molar-refractivity contribution is -0.115. The van der Waals surface area contributed by atoms with Crippen molar-refractivity contribution in [3.8, 4) is 5.75 Å². The third-order valence-electron chi connectivity index (χ3n) is 4.10. The van der Waals surface area contributed by atoms with Crippen molar-refractivity contribution < 1.29 is 14.6 Å². The van der Waals surface area contributed by atoms with Gasteiger partial charge in [0.1, 0.15) is 5.75 Å². The summed E-state index contributed by atoms with van der Waals surface area (Å²) in [6.45, 7) is 1.83. The van der Waals surface area contributed by atoms with Crippen molar-refractivity contribution in [1.82, 2.24) is 4.98 Å². The number of carbonyl (C=O) groups is 1. The van der Waals surface area contributed by atoms with Crippen molar-refractivity contribution in [3.05, 3.63) is 59.3 Å². The molecule has 3 rings (SSSR count). The standard InChI is InChI=1S/C19H20N2O3/c1-12-16(15-5-3-4-6-17(15)20-12)10-19(23)21-14-7-8-18(24-2)13(9-14)11-22/h3-9,20,22H,10-11H2,1-2H3,(H,21,23). The van der Waals surface area contributed by atoms with Crippen molar-refractivity contribution in [2.24, 2.45) is 0 Å². The summed E-state index contributed by atoms with van der Waals surface area (Å²) in [6, 6.07) is 13.2. The third kappa shape index (κ3) is 3.12. The number of benzene rings is 2. The number of H-pyrrole nitrogens is 1. The van der Waals surface area contributed by atoms with Crippen LogP contribution in [-0.4, -0.2) is 23.1 Å². The Morgan fingerprint density at radius 2 is 2.04 bits per heavy atom. The largest absolute Gasteiger partial charge is 0.496 e. The first-order chi connectivity index (χ1) is 11.6. The fourth-order valence-corrected chi connectivity index (χ4v) is 2.91. The molecular weight excluding hydrogens is 304 g/mol. The van der Waals surface area contributed by atoms with E-state index in [0.717, 1.165) is 22.2 Å². The van der Waals surface area contributed by atoms with Gasteiger partial charge in [-0.25, -0.2) is 0 Å². The van der Waals surface area contributed by atoms with E-state index >= 15 is 0 Å². The number of aliphatic hydroxyl groups is 1. The van der Waals surface area contributed by atoms with Crippen LogP contribution in [0.5, 0.6) is 5.75 Å². The van der Waals surface area contributed by atoms with E-state index in [4.69, 9.17) is 4.74 Å². The van der Waals surface area contributed by atoms with E-state index in [9.17, 15) is 9.90 Å². The number of carbonyl (C=O) groups excluding carboxylic acids is 1. The van der Waals surface area contributed by atoms with Gasteiger partial charge < -0.3 is 20.1 Å². The molecule has 0 bridgehead atoms.